The third kappa shape index (κ3) is 4.63. The van der Waals surface area contributed by atoms with Gasteiger partial charge in [-0.05, 0) is 31.5 Å². The molecule has 0 fully saturated rings. The Morgan fingerprint density at radius 2 is 1.39 bits per heavy atom. The Bertz CT molecular complexity index is 733. The molecule has 0 unspecified atom stereocenters. The Balaban J connectivity index is 2.61. The maximum absolute atomic E-state index is 12.7. The quantitative estimate of drug-likeness (QED) is 0.520. The number of carbonyl (C=O) groups is 4. The number of methoxy groups -OCH3 is 2. The van der Waals surface area contributed by atoms with E-state index in [2.05, 4.69) is 0 Å². The molecule has 0 spiro atoms. The Morgan fingerprint density at radius 1 is 0.893 bits per heavy atom. The molecule has 1 aliphatic heterocycles. The number of rotatable bonds is 11. The van der Waals surface area contributed by atoms with E-state index in [-0.39, 0.29) is 20.0 Å². The lowest BCUT2D eigenvalue weighted by Gasteiger charge is -2.30. The lowest BCUT2D eigenvalue weighted by atomic mass is 9.70. The number of Topliss-reactive ketones (excluding diaryl/α,β-unsaturated/α-hetero) is 4. The summed E-state index contributed by atoms with van der Waals surface area (Å²) in [5.74, 6) is -4.45. The molecule has 152 valence electrons. The smallest absolute Gasteiger partial charge is 0.231 e. The Morgan fingerprint density at radius 3 is 1.86 bits per heavy atom. The number of benzene rings is 1. The van der Waals surface area contributed by atoms with Gasteiger partial charge in [0.15, 0.2) is 23.1 Å². The second-order valence-electron chi connectivity index (χ2n) is 6.61. The van der Waals surface area contributed by atoms with Crippen molar-refractivity contribution in [3.63, 3.8) is 0 Å². The molecular formula is C20H24O8. The number of ketones is 4. The predicted molar refractivity (Wildman–Crippen MR) is 97.4 cm³/mol. The lowest BCUT2D eigenvalue weighted by molar-refractivity contribution is -0.139. The molecule has 8 heteroatoms. The first-order valence-electron chi connectivity index (χ1n) is 8.75. The molecule has 1 aromatic rings. The summed E-state index contributed by atoms with van der Waals surface area (Å²) < 4.78 is 20.5. The van der Waals surface area contributed by atoms with Crippen LogP contribution in [0.25, 0.3) is 0 Å². The highest BCUT2D eigenvalue weighted by atomic mass is 16.7. The van der Waals surface area contributed by atoms with Crippen LogP contribution < -0.4 is 9.47 Å². The number of hydrogen-bond donors (Lipinski definition) is 0. The summed E-state index contributed by atoms with van der Waals surface area (Å²) in [5, 5.41) is 0. The second-order valence-corrected chi connectivity index (χ2v) is 6.61. The van der Waals surface area contributed by atoms with Crippen molar-refractivity contribution in [1.29, 1.82) is 0 Å². The molecule has 1 heterocycles. The standard InChI is InChI=1S/C20H24O8/c1-11(21)18(14(23)8-25-3)20(19(12(2)22)15(24)9-26-4)13-5-6-16-17(7-13)28-10-27-16/h5-7,18-20H,8-10H2,1-4H3/t18-,19-/m0/s1. The van der Waals surface area contributed by atoms with Gasteiger partial charge in [0.05, 0.1) is 11.8 Å². The summed E-state index contributed by atoms with van der Waals surface area (Å²) in [6, 6.07) is 4.85. The Kier molecular flexibility index (Phi) is 7.42. The van der Waals surface area contributed by atoms with Gasteiger partial charge in [-0.2, -0.15) is 0 Å². The molecule has 0 bridgehead atoms. The van der Waals surface area contributed by atoms with Gasteiger partial charge in [0.1, 0.15) is 24.8 Å². The molecule has 28 heavy (non-hydrogen) atoms. The number of carbonyl (C=O) groups excluding carboxylic acids is 4. The van der Waals surface area contributed by atoms with Gasteiger partial charge in [-0.3, -0.25) is 19.2 Å². The maximum Gasteiger partial charge on any atom is 0.231 e. The summed E-state index contributed by atoms with van der Waals surface area (Å²) in [4.78, 5) is 50.2. The van der Waals surface area contributed by atoms with E-state index in [9.17, 15) is 19.2 Å². The molecule has 1 aromatic carbocycles. The van der Waals surface area contributed by atoms with E-state index in [4.69, 9.17) is 18.9 Å². The van der Waals surface area contributed by atoms with Crippen molar-refractivity contribution in [1.82, 2.24) is 0 Å². The van der Waals surface area contributed by atoms with Crippen LogP contribution >= 0.6 is 0 Å². The molecule has 1 aliphatic rings. The number of fused-ring (bicyclic) bond motifs is 1. The van der Waals surface area contributed by atoms with Crippen molar-refractivity contribution < 1.29 is 38.1 Å². The molecule has 0 aromatic heterocycles. The highest BCUT2D eigenvalue weighted by molar-refractivity contribution is 6.08. The first kappa shape index (κ1) is 21.7. The fraction of sp³-hybridized carbons (Fsp3) is 0.500. The van der Waals surface area contributed by atoms with Crippen LogP contribution in [0, 0.1) is 11.8 Å². The van der Waals surface area contributed by atoms with Gasteiger partial charge in [0.25, 0.3) is 0 Å². The van der Waals surface area contributed by atoms with Crippen molar-refractivity contribution >= 4 is 23.1 Å². The maximum atomic E-state index is 12.7. The summed E-state index contributed by atoms with van der Waals surface area (Å²) >= 11 is 0. The molecule has 0 saturated heterocycles. The van der Waals surface area contributed by atoms with Crippen molar-refractivity contribution in [2.75, 3.05) is 34.2 Å². The highest BCUT2D eigenvalue weighted by Gasteiger charge is 2.43. The van der Waals surface area contributed by atoms with Crippen LogP contribution in [0.15, 0.2) is 18.2 Å². The zero-order valence-electron chi connectivity index (χ0n) is 16.4. The van der Waals surface area contributed by atoms with Gasteiger partial charge >= 0.3 is 0 Å². The summed E-state index contributed by atoms with van der Waals surface area (Å²) in [6.45, 7) is 1.94. The molecule has 0 aliphatic carbocycles. The van der Waals surface area contributed by atoms with E-state index in [0.29, 0.717) is 17.1 Å². The second kappa shape index (κ2) is 9.57. The van der Waals surface area contributed by atoms with Gasteiger partial charge in [-0.25, -0.2) is 0 Å². The zero-order valence-corrected chi connectivity index (χ0v) is 16.4. The van der Waals surface area contributed by atoms with Crippen LogP contribution in [-0.2, 0) is 28.7 Å². The SMILES string of the molecule is COCC(=O)[C@H](C(C)=O)C(c1ccc2c(c1)OCO2)[C@@H](C(C)=O)C(=O)COC. The monoisotopic (exact) mass is 392 g/mol. The number of hydrogen-bond acceptors (Lipinski definition) is 8. The molecule has 0 N–H and O–H groups in total. The average molecular weight is 392 g/mol. The normalized spacial score (nSPS) is 14.6. The molecule has 2 atom stereocenters. The minimum atomic E-state index is -1.23. The fourth-order valence-corrected chi connectivity index (χ4v) is 3.52. The van der Waals surface area contributed by atoms with Crippen LogP contribution in [0.1, 0.15) is 25.3 Å². The highest BCUT2D eigenvalue weighted by Crippen LogP contribution is 2.40. The van der Waals surface area contributed by atoms with Crippen molar-refractivity contribution in [2.45, 2.75) is 19.8 Å². The number of ether oxygens (including phenoxy) is 4. The lowest BCUT2D eigenvalue weighted by Crippen LogP contribution is -2.41. The van der Waals surface area contributed by atoms with E-state index in [0.717, 1.165) is 0 Å². The van der Waals surface area contributed by atoms with E-state index in [1.807, 2.05) is 0 Å². The molecule has 0 saturated carbocycles. The molecule has 0 radical (unpaired) electrons. The largest absolute Gasteiger partial charge is 0.454 e. The van der Waals surface area contributed by atoms with Crippen LogP contribution in [0.2, 0.25) is 0 Å². The van der Waals surface area contributed by atoms with Gasteiger partial charge < -0.3 is 18.9 Å². The van der Waals surface area contributed by atoms with Gasteiger partial charge in [0.2, 0.25) is 6.79 Å². The first-order valence-corrected chi connectivity index (χ1v) is 8.75. The molecular weight excluding hydrogens is 368 g/mol. The van der Waals surface area contributed by atoms with Crippen LogP contribution in [0.4, 0.5) is 0 Å². The Hall–Kier alpha value is -2.58. The van der Waals surface area contributed by atoms with E-state index < -0.39 is 40.9 Å². The third-order valence-corrected chi connectivity index (χ3v) is 4.64. The molecule has 2 rings (SSSR count). The van der Waals surface area contributed by atoms with Gasteiger partial charge in [-0.15, -0.1) is 0 Å². The van der Waals surface area contributed by atoms with E-state index >= 15 is 0 Å². The van der Waals surface area contributed by atoms with Crippen LogP contribution in [0.3, 0.4) is 0 Å². The fourth-order valence-electron chi connectivity index (χ4n) is 3.52. The van der Waals surface area contributed by atoms with Crippen LogP contribution in [-0.4, -0.2) is 57.4 Å². The molecule has 0 amide bonds. The van der Waals surface area contributed by atoms with Crippen molar-refractivity contribution in [3.05, 3.63) is 23.8 Å². The average Bonchev–Trinajstić information content (AvgIpc) is 3.08. The summed E-state index contributed by atoms with van der Waals surface area (Å²) in [5.41, 5.74) is 0.457. The third-order valence-electron chi connectivity index (χ3n) is 4.64. The van der Waals surface area contributed by atoms with E-state index in [1.54, 1.807) is 18.2 Å². The summed E-state index contributed by atoms with van der Waals surface area (Å²) in [7, 11) is 2.67. The summed E-state index contributed by atoms with van der Waals surface area (Å²) in [6.07, 6.45) is 0. The van der Waals surface area contributed by atoms with E-state index in [1.165, 1.54) is 28.1 Å². The molecule has 8 nitrogen and oxygen atoms in total. The first-order chi connectivity index (χ1) is 13.3. The zero-order chi connectivity index (χ0) is 20.8. The topological polar surface area (TPSA) is 105 Å². The van der Waals surface area contributed by atoms with Crippen LogP contribution in [0.5, 0.6) is 11.5 Å². The Labute approximate surface area is 163 Å². The predicted octanol–water partition coefficient (Wildman–Crippen LogP) is 1.34. The van der Waals surface area contributed by atoms with Crippen molar-refractivity contribution in [3.8, 4) is 11.5 Å². The van der Waals surface area contributed by atoms with Gasteiger partial charge in [0, 0.05) is 20.1 Å². The minimum absolute atomic E-state index is 0.0426. The van der Waals surface area contributed by atoms with Crippen molar-refractivity contribution in [2.24, 2.45) is 11.8 Å². The van der Waals surface area contributed by atoms with Gasteiger partial charge in [-0.1, -0.05) is 6.07 Å². The minimum Gasteiger partial charge on any atom is -0.454 e.